The van der Waals surface area contributed by atoms with Crippen LogP contribution in [0.1, 0.15) is 67.3 Å². The van der Waals surface area contributed by atoms with Crippen molar-refractivity contribution in [3.63, 3.8) is 0 Å². The number of aliphatic carboxylic acids is 1. The Hall–Kier alpha value is -3.12. The molecular formula is C29H33NO4S. The van der Waals surface area contributed by atoms with Crippen molar-refractivity contribution in [2.45, 2.75) is 64.0 Å². The highest BCUT2D eigenvalue weighted by Crippen LogP contribution is 2.30. The second kappa shape index (κ2) is 12.5. The average Bonchev–Trinajstić information content (AvgIpc) is 3.60. The molecule has 3 aromatic rings. The van der Waals surface area contributed by atoms with Crippen LogP contribution in [0.2, 0.25) is 0 Å². The van der Waals surface area contributed by atoms with Crippen molar-refractivity contribution in [2.75, 3.05) is 6.61 Å². The summed E-state index contributed by atoms with van der Waals surface area (Å²) in [6.45, 7) is 1.06. The van der Waals surface area contributed by atoms with Crippen LogP contribution in [0.25, 0.3) is 10.4 Å². The minimum Gasteiger partial charge on any atom is -0.493 e. The summed E-state index contributed by atoms with van der Waals surface area (Å²) in [5.74, 6) is 0.113. The van der Waals surface area contributed by atoms with Gasteiger partial charge in [-0.3, -0.25) is 9.59 Å². The molecule has 1 N–H and O–H groups in total. The van der Waals surface area contributed by atoms with Crippen LogP contribution in [-0.4, -0.2) is 34.5 Å². The number of hydrogen-bond acceptors (Lipinski definition) is 4. The molecule has 0 bridgehead atoms. The van der Waals surface area contributed by atoms with Crippen molar-refractivity contribution >= 4 is 23.2 Å². The molecule has 0 aliphatic heterocycles. The van der Waals surface area contributed by atoms with Crippen molar-refractivity contribution in [1.82, 2.24) is 4.90 Å². The molecule has 1 amide bonds. The van der Waals surface area contributed by atoms with E-state index in [1.54, 1.807) is 11.3 Å². The Bertz CT molecular complexity index is 1090. The van der Waals surface area contributed by atoms with Crippen LogP contribution in [0.15, 0.2) is 66.0 Å². The molecule has 0 atom stereocenters. The number of benzene rings is 2. The van der Waals surface area contributed by atoms with Gasteiger partial charge in [0.1, 0.15) is 5.75 Å². The Morgan fingerprint density at radius 3 is 2.43 bits per heavy atom. The zero-order valence-electron chi connectivity index (χ0n) is 20.0. The Labute approximate surface area is 211 Å². The number of carbonyl (C=O) groups excluding carboxylic acids is 1. The average molecular weight is 492 g/mol. The summed E-state index contributed by atoms with van der Waals surface area (Å²) in [6, 6.07) is 20.3. The maximum atomic E-state index is 13.7. The van der Waals surface area contributed by atoms with Crippen LogP contribution in [0, 0.1) is 0 Å². The Kier molecular flexibility index (Phi) is 8.96. The van der Waals surface area contributed by atoms with Crippen LogP contribution >= 0.6 is 11.3 Å². The molecule has 1 aliphatic carbocycles. The van der Waals surface area contributed by atoms with E-state index in [0.717, 1.165) is 55.4 Å². The SMILES string of the molecule is O=C(O)CCCCCOc1ccccc1CN(C(=O)c1ccc(-c2cccs2)cc1)C1CCCC1. The lowest BCUT2D eigenvalue weighted by atomic mass is 10.1. The molecule has 0 spiro atoms. The van der Waals surface area contributed by atoms with Crippen LogP contribution < -0.4 is 4.74 Å². The summed E-state index contributed by atoms with van der Waals surface area (Å²) in [6.07, 6.45) is 6.86. The van der Waals surface area contributed by atoms with E-state index in [1.807, 2.05) is 59.5 Å². The van der Waals surface area contributed by atoms with Crippen LogP contribution in [-0.2, 0) is 11.3 Å². The zero-order chi connectivity index (χ0) is 24.5. The quantitative estimate of drug-likeness (QED) is 0.276. The number of thiophene rings is 1. The second-order valence-electron chi connectivity index (χ2n) is 9.09. The summed E-state index contributed by atoms with van der Waals surface area (Å²) in [5.41, 5.74) is 2.86. The third-order valence-electron chi connectivity index (χ3n) is 6.57. The summed E-state index contributed by atoms with van der Waals surface area (Å²) in [4.78, 5) is 27.6. The third kappa shape index (κ3) is 6.95. The second-order valence-corrected chi connectivity index (χ2v) is 10.0. The van der Waals surface area contributed by atoms with Gasteiger partial charge in [0.2, 0.25) is 0 Å². The lowest BCUT2D eigenvalue weighted by Gasteiger charge is -2.30. The molecule has 1 aliphatic rings. The third-order valence-corrected chi connectivity index (χ3v) is 7.49. The first-order chi connectivity index (χ1) is 17.1. The van der Waals surface area contributed by atoms with E-state index in [-0.39, 0.29) is 18.4 Å². The predicted octanol–water partition coefficient (Wildman–Crippen LogP) is 7.02. The van der Waals surface area contributed by atoms with E-state index in [4.69, 9.17) is 9.84 Å². The first kappa shape index (κ1) is 25.0. The summed E-state index contributed by atoms with van der Waals surface area (Å²) >= 11 is 1.70. The molecule has 6 heteroatoms. The van der Waals surface area contributed by atoms with E-state index in [0.29, 0.717) is 25.1 Å². The van der Waals surface area contributed by atoms with Crippen molar-refractivity contribution < 1.29 is 19.4 Å². The number of hydrogen-bond donors (Lipinski definition) is 1. The minimum absolute atomic E-state index is 0.0677. The van der Waals surface area contributed by atoms with Crippen LogP contribution in [0.5, 0.6) is 5.75 Å². The van der Waals surface area contributed by atoms with Crippen molar-refractivity contribution in [2.24, 2.45) is 0 Å². The smallest absolute Gasteiger partial charge is 0.303 e. The van der Waals surface area contributed by atoms with Crippen molar-refractivity contribution in [3.05, 3.63) is 77.2 Å². The van der Waals surface area contributed by atoms with Gasteiger partial charge in [-0.1, -0.05) is 49.2 Å². The van der Waals surface area contributed by atoms with Crippen LogP contribution in [0.3, 0.4) is 0 Å². The standard InChI is InChI=1S/C29H33NO4S/c31-28(32)14-2-1-7-19-34-26-12-6-3-9-24(26)21-30(25-10-4-5-11-25)29(33)23-17-15-22(16-18-23)27-13-8-20-35-27/h3,6,8-9,12-13,15-18,20,25H,1-2,4-5,7,10-11,14,19,21H2,(H,31,32). The highest BCUT2D eigenvalue weighted by Gasteiger charge is 2.28. The summed E-state index contributed by atoms with van der Waals surface area (Å²) in [7, 11) is 0. The Morgan fingerprint density at radius 2 is 1.71 bits per heavy atom. The van der Waals surface area contributed by atoms with Gasteiger partial charge in [0.25, 0.3) is 5.91 Å². The van der Waals surface area contributed by atoms with E-state index in [9.17, 15) is 9.59 Å². The first-order valence-electron chi connectivity index (χ1n) is 12.5. The molecule has 5 nitrogen and oxygen atoms in total. The van der Waals surface area contributed by atoms with E-state index in [1.165, 1.54) is 4.88 Å². The number of ether oxygens (including phenoxy) is 1. The molecule has 1 heterocycles. The van der Waals surface area contributed by atoms with Crippen molar-refractivity contribution in [1.29, 1.82) is 0 Å². The lowest BCUT2D eigenvalue weighted by Crippen LogP contribution is -2.38. The van der Waals surface area contributed by atoms with Gasteiger partial charge in [-0.05, 0) is 67.3 Å². The van der Waals surface area contributed by atoms with Gasteiger partial charge in [0, 0.05) is 35.0 Å². The summed E-state index contributed by atoms with van der Waals surface area (Å²) < 4.78 is 6.07. The fourth-order valence-corrected chi connectivity index (χ4v) is 5.40. The Morgan fingerprint density at radius 1 is 0.943 bits per heavy atom. The number of unbranched alkanes of at least 4 members (excludes halogenated alkanes) is 2. The summed E-state index contributed by atoms with van der Waals surface area (Å²) in [5, 5.41) is 10.8. The van der Waals surface area contributed by atoms with Gasteiger partial charge in [0.05, 0.1) is 6.61 Å². The van der Waals surface area contributed by atoms with E-state index < -0.39 is 5.97 Å². The predicted molar refractivity (Wildman–Crippen MR) is 140 cm³/mol. The number of rotatable bonds is 12. The topological polar surface area (TPSA) is 66.8 Å². The maximum Gasteiger partial charge on any atom is 0.303 e. The van der Waals surface area contributed by atoms with Crippen LogP contribution in [0.4, 0.5) is 0 Å². The van der Waals surface area contributed by atoms with Gasteiger partial charge in [-0.15, -0.1) is 11.3 Å². The number of carboxylic acids is 1. The lowest BCUT2D eigenvalue weighted by molar-refractivity contribution is -0.137. The van der Waals surface area contributed by atoms with Gasteiger partial charge >= 0.3 is 5.97 Å². The highest BCUT2D eigenvalue weighted by atomic mass is 32.1. The fourth-order valence-electron chi connectivity index (χ4n) is 4.66. The highest BCUT2D eigenvalue weighted by molar-refractivity contribution is 7.13. The first-order valence-corrected chi connectivity index (χ1v) is 13.4. The van der Waals surface area contributed by atoms with E-state index in [2.05, 4.69) is 11.4 Å². The number of amides is 1. The zero-order valence-corrected chi connectivity index (χ0v) is 20.8. The van der Waals surface area contributed by atoms with Gasteiger partial charge in [-0.25, -0.2) is 0 Å². The normalized spacial score (nSPS) is 13.6. The van der Waals surface area contributed by atoms with Gasteiger partial charge in [0.15, 0.2) is 0 Å². The Balaban J connectivity index is 1.44. The maximum absolute atomic E-state index is 13.7. The molecule has 4 rings (SSSR count). The number of nitrogens with zero attached hydrogens (tertiary/aromatic N) is 1. The number of para-hydroxylation sites is 1. The molecule has 184 valence electrons. The van der Waals surface area contributed by atoms with Gasteiger partial charge in [-0.2, -0.15) is 0 Å². The van der Waals surface area contributed by atoms with Gasteiger partial charge < -0.3 is 14.7 Å². The molecule has 1 saturated carbocycles. The molecular weight excluding hydrogens is 458 g/mol. The van der Waals surface area contributed by atoms with Crippen molar-refractivity contribution in [3.8, 4) is 16.2 Å². The minimum atomic E-state index is -0.755. The molecule has 0 saturated heterocycles. The molecule has 1 fully saturated rings. The fraction of sp³-hybridized carbons (Fsp3) is 0.379. The molecule has 35 heavy (non-hydrogen) atoms. The van der Waals surface area contributed by atoms with E-state index >= 15 is 0 Å². The monoisotopic (exact) mass is 491 g/mol. The molecule has 0 unspecified atom stereocenters. The number of carboxylic acid groups (broad SMARTS) is 1. The molecule has 0 radical (unpaired) electrons. The largest absolute Gasteiger partial charge is 0.493 e. The molecule has 1 aromatic heterocycles. The number of carbonyl (C=O) groups is 2. The molecule has 2 aromatic carbocycles.